The Hall–Kier alpha value is -2.53. The third-order valence-corrected chi connectivity index (χ3v) is 13.3. The highest BCUT2D eigenvalue weighted by atomic mass is 32.2. The number of carbonyl (C=O) groups is 1. The van der Waals surface area contributed by atoms with Crippen LogP contribution in [0.15, 0.2) is 17.0 Å². The van der Waals surface area contributed by atoms with E-state index in [1.165, 1.54) is 4.31 Å². The Morgan fingerprint density at radius 2 is 1.80 bits per heavy atom. The van der Waals surface area contributed by atoms with E-state index in [-0.39, 0.29) is 28.5 Å². The number of ether oxygens (including phenoxy) is 1. The Morgan fingerprint density at radius 3 is 2.35 bits per heavy atom. The van der Waals surface area contributed by atoms with Crippen molar-refractivity contribution in [2.24, 2.45) is 5.92 Å². The van der Waals surface area contributed by atoms with Crippen LogP contribution >= 0.6 is 11.3 Å². The Labute approximate surface area is 275 Å². The van der Waals surface area contributed by atoms with Crippen LogP contribution in [0.25, 0.3) is 21.6 Å². The number of alkyl halides is 2. The zero-order chi connectivity index (χ0) is 33.6. The van der Waals surface area contributed by atoms with E-state index in [1.807, 2.05) is 32.6 Å². The Balaban J connectivity index is 1.61. The van der Waals surface area contributed by atoms with Crippen LogP contribution in [0, 0.1) is 5.92 Å². The van der Waals surface area contributed by atoms with Crippen LogP contribution < -0.4 is 4.90 Å². The maximum atomic E-state index is 14.6. The van der Waals surface area contributed by atoms with Crippen molar-refractivity contribution in [1.82, 2.24) is 29.2 Å². The largest absolute Gasteiger partial charge is 0.366 e. The molecule has 0 spiro atoms. The fourth-order valence-corrected chi connectivity index (χ4v) is 8.81. The molecule has 0 N–H and O–H groups in total. The van der Waals surface area contributed by atoms with Crippen molar-refractivity contribution in [3.05, 3.63) is 17.1 Å². The molecule has 1 amide bonds. The van der Waals surface area contributed by atoms with Gasteiger partial charge < -0.3 is 14.5 Å². The Morgan fingerprint density at radius 1 is 1.13 bits per heavy atom. The molecule has 5 rings (SSSR count). The number of aryl methyl sites for hydroxylation is 1. The molecule has 2 aliphatic rings. The monoisotopic (exact) mass is 697 g/mol. The summed E-state index contributed by atoms with van der Waals surface area (Å²) in [5.41, 5.74) is 1.10. The molecule has 16 heteroatoms. The fourth-order valence-electron chi connectivity index (χ4n) is 5.60. The third kappa shape index (κ3) is 7.15. The quantitative estimate of drug-likeness (QED) is 0.128. The number of rotatable bonds is 13. The minimum atomic E-state index is -4.07. The second kappa shape index (κ2) is 13.2. The summed E-state index contributed by atoms with van der Waals surface area (Å²) < 4.78 is 65.3. The standard InChI is InChI=1S/C30H45F2N7O4S2Si/c1-8-38-25-22(24(35-38)27-33-34-28(44-27)26(31)32)17-21(18-23(25)36-11-13-37(14-12-36)29(40)20(2)3)45(41,42)39(30(4)9-10-30)19-43-15-16-46(5,6)7/h17-18,20,26H,8-16,19H2,1-7H3. The highest BCUT2D eigenvalue weighted by molar-refractivity contribution is 7.89. The van der Waals surface area contributed by atoms with Gasteiger partial charge in [0.15, 0.2) is 10.0 Å². The summed E-state index contributed by atoms with van der Waals surface area (Å²) >= 11 is 0.747. The molecule has 0 atom stereocenters. The average molecular weight is 698 g/mol. The van der Waals surface area contributed by atoms with Crippen LogP contribution in [0.3, 0.4) is 0 Å². The topological polar surface area (TPSA) is 114 Å². The molecule has 1 aliphatic carbocycles. The van der Waals surface area contributed by atoms with Gasteiger partial charge in [-0.25, -0.2) is 17.2 Å². The SMILES string of the molecule is CCn1nc(-c2nnc(C(F)F)s2)c2cc(S(=O)(=O)N(COCC[Si](C)(C)C)C3(C)CC3)cc(N3CCN(C(=O)C(C)C)CC3)c21. The summed E-state index contributed by atoms with van der Waals surface area (Å²) in [5, 5.41) is 12.7. The van der Waals surface area contributed by atoms with E-state index in [0.717, 1.165) is 30.2 Å². The molecule has 46 heavy (non-hydrogen) atoms. The van der Waals surface area contributed by atoms with Crippen LogP contribution in [-0.2, 0) is 26.1 Å². The molecule has 2 aromatic heterocycles. The van der Waals surface area contributed by atoms with Crippen LogP contribution in [0.2, 0.25) is 25.7 Å². The first-order valence-corrected chi connectivity index (χ1v) is 21.8. The smallest absolute Gasteiger partial charge is 0.291 e. The second-order valence-electron chi connectivity index (χ2n) is 13.9. The molecule has 0 radical (unpaired) electrons. The van der Waals surface area contributed by atoms with Gasteiger partial charge in [0.1, 0.15) is 12.4 Å². The van der Waals surface area contributed by atoms with Crippen molar-refractivity contribution in [3.8, 4) is 10.7 Å². The predicted molar refractivity (Wildman–Crippen MR) is 179 cm³/mol. The van der Waals surface area contributed by atoms with Crippen LogP contribution in [-0.4, -0.2) is 96.6 Å². The lowest BCUT2D eigenvalue weighted by Gasteiger charge is -2.37. The van der Waals surface area contributed by atoms with E-state index in [0.29, 0.717) is 61.6 Å². The van der Waals surface area contributed by atoms with E-state index < -0.39 is 35.1 Å². The van der Waals surface area contributed by atoms with Gasteiger partial charge in [-0.2, -0.15) is 9.40 Å². The van der Waals surface area contributed by atoms with E-state index in [2.05, 4.69) is 34.7 Å². The highest BCUT2D eigenvalue weighted by Gasteiger charge is 2.50. The van der Waals surface area contributed by atoms with Gasteiger partial charge >= 0.3 is 0 Å². The van der Waals surface area contributed by atoms with Crippen molar-refractivity contribution in [3.63, 3.8) is 0 Å². The van der Waals surface area contributed by atoms with Gasteiger partial charge in [0.05, 0.1) is 16.1 Å². The van der Waals surface area contributed by atoms with Gasteiger partial charge in [-0.3, -0.25) is 9.48 Å². The number of halogens is 2. The zero-order valence-electron chi connectivity index (χ0n) is 27.7. The molecule has 0 unspecified atom stereocenters. The minimum absolute atomic E-state index is 0.0537. The maximum absolute atomic E-state index is 14.6. The normalized spacial score (nSPS) is 17.2. The average Bonchev–Trinajstić information content (AvgIpc) is 3.38. The van der Waals surface area contributed by atoms with Crippen LogP contribution in [0.5, 0.6) is 0 Å². The minimum Gasteiger partial charge on any atom is -0.366 e. The molecule has 254 valence electrons. The first-order valence-electron chi connectivity index (χ1n) is 15.9. The van der Waals surface area contributed by atoms with Gasteiger partial charge in [0, 0.05) is 64.2 Å². The van der Waals surface area contributed by atoms with E-state index in [9.17, 15) is 22.0 Å². The lowest BCUT2D eigenvalue weighted by atomic mass is 10.1. The van der Waals surface area contributed by atoms with Crippen molar-refractivity contribution in [2.45, 2.75) is 89.6 Å². The molecule has 0 bridgehead atoms. The zero-order valence-corrected chi connectivity index (χ0v) is 30.3. The van der Waals surface area contributed by atoms with Crippen molar-refractivity contribution in [2.75, 3.05) is 44.4 Å². The number of carbonyl (C=O) groups excluding carboxylic acids is 1. The third-order valence-electron chi connectivity index (χ3n) is 8.72. The lowest BCUT2D eigenvalue weighted by molar-refractivity contribution is -0.134. The van der Waals surface area contributed by atoms with Crippen molar-refractivity contribution in [1.29, 1.82) is 0 Å². The lowest BCUT2D eigenvalue weighted by Crippen LogP contribution is -2.50. The summed E-state index contributed by atoms with van der Waals surface area (Å²) in [6, 6.07) is 4.20. The number of anilines is 1. The second-order valence-corrected chi connectivity index (χ2v) is 22.4. The number of sulfonamides is 1. The number of nitrogens with zero attached hydrogens (tertiary/aromatic N) is 7. The molecule has 11 nitrogen and oxygen atoms in total. The molecular weight excluding hydrogens is 653 g/mol. The summed E-state index contributed by atoms with van der Waals surface area (Å²) in [4.78, 5) is 16.7. The molecule has 1 aliphatic heterocycles. The number of fused-ring (bicyclic) bond motifs is 1. The van der Waals surface area contributed by atoms with Gasteiger partial charge in [-0.1, -0.05) is 44.8 Å². The van der Waals surface area contributed by atoms with E-state index in [1.54, 1.807) is 16.8 Å². The molecule has 2 fully saturated rings. The molecule has 1 saturated heterocycles. The Bertz CT molecular complexity index is 1680. The summed E-state index contributed by atoms with van der Waals surface area (Å²) in [6.45, 7) is 17.2. The number of hydrogen-bond acceptors (Lipinski definition) is 9. The first-order chi connectivity index (χ1) is 21.6. The van der Waals surface area contributed by atoms with Gasteiger partial charge in [-0.05, 0) is 44.9 Å². The number of aromatic nitrogens is 4. The molecule has 3 heterocycles. The van der Waals surface area contributed by atoms with E-state index >= 15 is 0 Å². The Kier molecular flexibility index (Phi) is 9.96. The maximum Gasteiger partial charge on any atom is 0.291 e. The molecular formula is C30H45F2N7O4S2Si. The summed E-state index contributed by atoms with van der Waals surface area (Å²) in [7, 11) is -5.45. The number of hydrogen-bond donors (Lipinski definition) is 0. The molecule has 1 saturated carbocycles. The first kappa shape index (κ1) is 34.8. The number of amides is 1. The van der Waals surface area contributed by atoms with Crippen molar-refractivity contribution < 1.29 is 26.7 Å². The van der Waals surface area contributed by atoms with Crippen LogP contribution in [0.1, 0.15) is 52.0 Å². The summed E-state index contributed by atoms with van der Waals surface area (Å²) in [6.07, 6.45) is -1.33. The van der Waals surface area contributed by atoms with Gasteiger partial charge in [0.25, 0.3) is 6.43 Å². The number of benzene rings is 1. The highest BCUT2D eigenvalue weighted by Crippen LogP contribution is 2.46. The van der Waals surface area contributed by atoms with Crippen molar-refractivity contribution >= 4 is 51.9 Å². The van der Waals surface area contributed by atoms with Gasteiger partial charge in [-0.15, -0.1) is 10.2 Å². The fraction of sp³-hybridized carbons (Fsp3) is 0.667. The van der Waals surface area contributed by atoms with Gasteiger partial charge in [0.2, 0.25) is 15.9 Å². The van der Waals surface area contributed by atoms with E-state index in [4.69, 9.17) is 9.84 Å². The molecule has 1 aromatic carbocycles. The summed E-state index contributed by atoms with van der Waals surface area (Å²) in [5.74, 6) is -0.0425. The number of piperazine rings is 1. The molecule has 3 aromatic rings. The predicted octanol–water partition coefficient (Wildman–Crippen LogP) is 5.67. The van der Waals surface area contributed by atoms with Crippen LogP contribution in [0.4, 0.5) is 14.5 Å².